The number of nitrogens with one attached hydrogen (secondary N) is 1. The van der Waals surface area contributed by atoms with Crippen molar-refractivity contribution in [3.63, 3.8) is 0 Å². The fourth-order valence-corrected chi connectivity index (χ4v) is 1.63. The lowest BCUT2D eigenvalue weighted by atomic mass is 10.2. The smallest absolute Gasteiger partial charge is 0.320 e. The molecule has 1 rings (SSSR count). The first kappa shape index (κ1) is 12.5. The maximum Gasteiger partial charge on any atom is 0.320 e. The highest BCUT2D eigenvalue weighted by Crippen LogP contribution is 2.14. The molecule has 0 bridgehead atoms. The quantitative estimate of drug-likeness (QED) is 0.532. The zero-order valence-corrected chi connectivity index (χ0v) is 9.62. The zero-order chi connectivity index (χ0) is 11.1. The van der Waals surface area contributed by atoms with Crippen LogP contribution in [0.1, 0.15) is 33.1 Å². The van der Waals surface area contributed by atoms with Crippen molar-refractivity contribution in [2.75, 3.05) is 19.7 Å². The molecule has 4 heteroatoms. The van der Waals surface area contributed by atoms with Crippen molar-refractivity contribution in [2.24, 2.45) is 0 Å². The average molecular weight is 215 g/mol. The summed E-state index contributed by atoms with van der Waals surface area (Å²) < 4.78 is 10.5. The lowest BCUT2D eigenvalue weighted by Crippen LogP contribution is -2.28. The molecule has 0 radical (unpaired) electrons. The van der Waals surface area contributed by atoms with Crippen molar-refractivity contribution in [3.05, 3.63) is 0 Å². The van der Waals surface area contributed by atoms with E-state index in [2.05, 4.69) is 5.32 Å². The molecule has 0 aromatic carbocycles. The van der Waals surface area contributed by atoms with Gasteiger partial charge in [-0.25, -0.2) is 0 Å². The molecule has 1 atom stereocenters. The molecule has 0 saturated carbocycles. The van der Waals surface area contributed by atoms with E-state index in [0.29, 0.717) is 12.6 Å². The van der Waals surface area contributed by atoms with Crippen molar-refractivity contribution < 1.29 is 14.3 Å². The van der Waals surface area contributed by atoms with E-state index in [1.54, 1.807) is 0 Å². The van der Waals surface area contributed by atoms with Crippen LogP contribution in [0.5, 0.6) is 0 Å². The minimum atomic E-state index is -0.183. The zero-order valence-electron chi connectivity index (χ0n) is 9.62. The van der Waals surface area contributed by atoms with Gasteiger partial charge in [0, 0.05) is 6.61 Å². The second-order valence-electron chi connectivity index (χ2n) is 4.14. The van der Waals surface area contributed by atoms with Crippen LogP contribution in [0.2, 0.25) is 0 Å². The highest BCUT2D eigenvalue weighted by atomic mass is 16.5. The second kappa shape index (κ2) is 6.80. The lowest BCUT2D eigenvalue weighted by Gasteiger charge is -2.11. The van der Waals surface area contributed by atoms with Crippen molar-refractivity contribution >= 4 is 5.97 Å². The molecule has 1 saturated heterocycles. The second-order valence-corrected chi connectivity index (χ2v) is 4.14. The molecule has 1 heterocycles. The molecule has 0 spiro atoms. The SMILES string of the molecule is CC(C)OC(=O)CNCCC1CCCO1. The Morgan fingerprint density at radius 2 is 2.40 bits per heavy atom. The van der Waals surface area contributed by atoms with E-state index in [4.69, 9.17) is 9.47 Å². The van der Waals surface area contributed by atoms with E-state index in [0.717, 1.165) is 26.0 Å². The summed E-state index contributed by atoms with van der Waals surface area (Å²) in [6, 6.07) is 0. The molecule has 0 amide bonds. The van der Waals surface area contributed by atoms with Gasteiger partial charge in [-0.2, -0.15) is 0 Å². The van der Waals surface area contributed by atoms with Crippen LogP contribution in [0.15, 0.2) is 0 Å². The van der Waals surface area contributed by atoms with Gasteiger partial charge in [0.2, 0.25) is 0 Å². The summed E-state index contributed by atoms with van der Waals surface area (Å²) in [6.07, 6.45) is 3.66. The van der Waals surface area contributed by atoms with Crippen molar-refractivity contribution in [1.29, 1.82) is 0 Å². The summed E-state index contributed by atoms with van der Waals surface area (Å²) in [6.45, 7) is 5.71. The van der Waals surface area contributed by atoms with Gasteiger partial charge >= 0.3 is 5.97 Å². The minimum absolute atomic E-state index is 0.0301. The molecule has 1 unspecified atom stereocenters. The number of carbonyl (C=O) groups excluding carboxylic acids is 1. The van der Waals surface area contributed by atoms with E-state index in [1.807, 2.05) is 13.8 Å². The molecule has 1 N–H and O–H groups in total. The highest BCUT2D eigenvalue weighted by Gasteiger charge is 2.14. The van der Waals surface area contributed by atoms with Gasteiger partial charge in [0.25, 0.3) is 0 Å². The van der Waals surface area contributed by atoms with E-state index in [1.165, 1.54) is 6.42 Å². The highest BCUT2D eigenvalue weighted by molar-refractivity contribution is 5.71. The van der Waals surface area contributed by atoms with Gasteiger partial charge in [0.15, 0.2) is 0 Å². The van der Waals surface area contributed by atoms with E-state index in [9.17, 15) is 4.79 Å². The third kappa shape index (κ3) is 5.74. The molecule has 1 aliphatic rings. The first-order chi connectivity index (χ1) is 7.18. The maximum atomic E-state index is 11.1. The molecular weight excluding hydrogens is 194 g/mol. The molecule has 1 fully saturated rings. The van der Waals surface area contributed by atoms with Crippen molar-refractivity contribution in [2.45, 2.75) is 45.3 Å². The largest absolute Gasteiger partial charge is 0.462 e. The van der Waals surface area contributed by atoms with Crippen LogP contribution in [-0.2, 0) is 14.3 Å². The van der Waals surface area contributed by atoms with E-state index < -0.39 is 0 Å². The van der Waals surface area contributed by atoms with Gasteiger partial charge in [-0.05, 0) is 39.7 Å². The number of ether oxygens (including phenoxy) is 2. The van der Waals surface area contributed by atoms with Crippen LogP contribution in [0.3, 0.4) is 0 Å². The summed E-state index contributed by atoms with van der Waals surface area (Å²) in [5.41, 5.74) is 0. The van der Waals surface area contributed by atoms with Crippen molar-refractivity contribution in [3.8, 4) is 0 Å². The first-order valence-electron chi connectivity index (χ1n) is 5.70. The Kier molecular flexibility index (Phi) is 5.65. The van der Waals surface area contributed by atoms with E-state index >= 15 is 0 Å². The van der Waals surface area contributed by atoms with Crippen LogP contribution >= 0.6 is 0 Å². The Morgan fingerprint density at radius 3 is 3.00 bits per heavy atom. The van der Waals surface area contributed by atoms with Gasteiger partial charge in [0.1, 0.15) is 0 Å². The molecule has 4 nitrogen and oxygen atoms in total. The molecular formula is C11H21NO3. The van der Waals surface area contributed by atoms with Crippen LogP contribution < -0.4 is 5.32 Å². The maximum absolute atomic E-state index is 11.1. The summed E-state index contributed by atoms with van der Waals surface area (Å²) in [4.78, 5) is 11.1. The Labute approximate surface area is 91.3 Å². The number of hydrogen-bond acceptors (Lipinski definition) is 4. The van der Waals surface area contributed by atoms with Gasteiger partial charge in [-0.15, -0.1) is 0 Å². The predicted octanol–water partition coefficient (Wildman–Crippen LogP) is 1.10. The van der Waals surface area contributed by atoms with Gasteiger partial charge in [-0.1, -0.05) is 0 Å². The summed E-state index contributed by atoms with van der Waals surface area (Å²) in [5, 5.41) is 3.06. The Hall–Kier alpha value is -0.610. The predicted molar refractivity (Wildman–Crippen MR) is 57.7 cm³/mol. The third-order valence-electron chi connectivity index (χ3n) is 2.30. The van der Waals surface area contributed by atoms with Crippen molar-refractivity contribution in [1.82, 2.24) is 5.32 Å². The lowest BCUT2D eigenvalue weighted by molar-refractivity contribution is -0.146. The summed E-state index contributed by atoms with van der Waals surface area (Å²) in [7, 11) is 0. The van der Waals surface area contributed by atoms with Gasteiger partial charge in [-0.3, -0.25) is 4.79 Å². The van der Waals surface area contributed by atoms with Crippen LogP contribution in [0.4, 0.5) is 0 Å². The topological polar surface area (TPSA) is 47.6 Å². The van der Waals surface area contributed by atoms with Crippen LogP contribution in [0, 0.1) is 0 Å². The van der Waals surface area contributed by atoms with E-state index in [-0.39, 0.29) is 12.1 Å². The molecule has 1 aliphatic heterocycles. The standard InChI is InChI=1S/C11H21NO3/c1-9(2)15-11(13)8-12-6-5-10-4-3-7-14-10/h9-10,12H,3-8H2,1-2H3. The summed E-state index contributed by atoms with van der Waals surface area (Å²) >= 11 is 0. The van der Waals surface area contributed by atoms with Crippen LogP contribution in [-0.4, -0.2) is 37.9 Å². The molecule has 0 aromatic rings. The number of rotatable bonds is 6. The average Bonchev–Trinajstić information content (AvgIpc) is 2.63. The monoisotopic (exact) mass is 215 g/mol. The Bertz CT molecular complexity index is 188. The Morgan fingerprint density at radius 1 is 1.60 bits per heavy atom. The van der Waals surface area contributed by atoms with Gasteiger partial charge < -0.3 is 14.8 Å². The molecule has 15 heavy (non-hydrogen) atoms. The fourth-order valence-electron chi connectivity index (χ4n) is 1.63. The molecule has 0 aromatic heterocycles. The minimum Gasteiger partial charge on any atom is -0.462 e. The summed E-state index contributed by atoms with van der Waals surface area (Å²) in [5.74, 6) is -0.183. The molecule has 0 aliphatic carbocycles. The number of esters is 1. The third-order valence-corrected chi connectivity index (χ3v) is 2.30. The first-order valence-corrected chi connectivity index (χ1v) is 5.70. The Balaban J connectivity index is 1.94. The number of hydrogen-bond donors (Lipinski definition) is 1. The fraction of sp³-hybridized carbons (Fsp3) is 0.909. The van der Waals surface area contributed by atoms with Gasteiger partial charge in [0.05, 0.1) is 18.8 Å². The molecule has 88 valence electrons. The normalized spacial score (nSPS) is 20.9. The number of carbonyl (C=O) groups is 1. The van der Waals surface area contributed by atoms with Crippen LogP contribution in [0.25, 0.3) is 0 Å².